The van der Waals surface area contributed by atoms with E-state index < -0.39 is 29.2 Å². The molecule has 0 unspecified atom stereocenters. The molecule has 3 aliphatic heterocycles. The van der Waals surface area contributed by atoms with Crippen molar-refractivity contribution < 1.29 is 28.6 Å². The van der Waals surface area contributed by atoms with Gasteiger partial charge in [0.2, 0.25) is 0 Å². The number of carbonyl (C=O) groups excluding carboxylic acids is 3. The van der Waals surface area contributed by atoms with E-state index in [9.17, 15) is 14.4 Å². The first kappa shape index (κ1) is 18.4. The molecule has 4 rings (SSSR count). The highest BCUT2D eigenvalue weighted by Gasteiger charge is 2.77. The molecule has 3 heterocycles. The Morgan fingerprint density at radius 3 is 2.24 bits per heavy atom. The molecular formula is C19H28O6. The van der Waals surface area contributed by atoms with Gasteiger partial charge < -0.3 is 14.2 Å². The summed E-state index contributed by atoms with van der Waals surface area (Å²) in [5, 5.41) is 0. The predicted octanol–water partition coefficient (Wildman–Crippen LogP) is 2.13. The van der Waals surface area contributed by atoms with Crippen molar-refractivity contribution in [2.24, 2.45) is 29.1 Å². The van der Waals surface area contributed by atoms with E-state index in [0.717, 1.165) is 0 Å². The molecule has 140 valence electrons. The van der Waals surface area contributed by atoms with E-state index in [-0.39, 0.29) is 41.5 Å². The standard InChI is InChI=1S/C19H28O6/c1-8-12(5)25-19(10(3)14(8)23-13(6)20)11(4)15-9(2)16(21)18(19,7)17(22)24-15/h8-12,14-15H,1-7H3/t8-,9+,10-,11+,12-,14-,15+,18+,19+/m1/s1. The Morgan fingerprint density at radius 1 is 1.08 bits per heavy atom. The second-order valence-electron chi connectivity index (χ2n) is 8.27. The van der Waals surface area contributed by atoms with Crippen molar-refractivity contribution >= 4 is 17.7 Å². The average molecular weight is 352 g/mol. The van der Waals surface area contributed by atoms with Crippen LogP contribution in [0.15, 0.2) is 0 Å². The number of rotatable bonds is 1. The monoisotopic (exact) mass is 352 g/mol. The number of hydrogen-bond acceptors (Lipinski definition) is 6. The van der Waals surface area contributed by atoms with Crippen LogP contribution in [0.1, 0.15) is 48.5 Å². The summed E-state index contributed by atoms with van der Waals surface area (Å²) in [4.78, 5) is 37.6. The highest BCUT2D eigenvalue weighted by Crippen LogP contribution is 2.61. The molecule has 1 spiro atoms. The van der Waals surface area contributed by atoms with E-state index >= 15 is 0 Å². The topological polar surface area (TPSA) is 78.9 Å². The highest BCUT2D eigenvalue weighted by molar-refractivity contribution is 6.09. The maximum atomic E-state index is 13.1. The molecule has 4 aliphatic rings. The Kier molecular flexibility index (Phi) is 4.06. The van der Waals surface area contributed by atoms with Crippen molar-refractivity contribution in [3.8, 4) is 0 Å². The van der Waals surface area contributed by atoms with Crippen LogP contribution in [0.25, 0.3) is 0 Å². The minimum atomic E-state index is -1.40. The van der Waals surface area contributed by atoms with Gasteiger partial charge in [0.05, 0.1) is 12.0 Å². The molecule has 0 amide bonds. The summed E-state index contributed by atoms with van der Waals surface area (Å²) in [5.41, 5.74) is -2.44. The molecule has 1 saturated carbocycles. The molecule has 2 bridgehead atoms. The van der Waals surface area contributed by atoms with Gasteiger partial charge in [-0.05, 0) is 13.8 Å². The Bertz CT molecular complexity index is 629. The maximum Gasteiger partial charge on any atom is 0.322 e. The van der Waals surface area contributed by atoms with Gasteiger partial charge in [-0.25, -0.2) is 0 Å². The third kappa shape index (κ3) is 2.03. The molecule has 6 nitrogen and oxygen atoms in total. The summed E-state index contributed by atoms with van der Waals surface area (Å²) in [6.07, 6.45) is -1.19. The molecule has 9 atom stereocenters. The van der Waals surface area contributed by atoms with Crippen LogP contribution in [0.2, 0.25) is 0 Å². The lowest BCUT2D eigenvalue weighted by Gasteiger charge is -2.66. The van der Waals surface area contributed by atoms with Crippen molar-refractivity contribution in [3.05, 3.63) is 0 Å². The average Bonchev–Trinajstić information content (AvgIpc) is 2.54. The van der Waals surface area contributed by atoms with Crippen LogP contribution in [0.4, 0.5) is 0 Å². The molecular weight excluding hydrogens is 324 g/mol. The molecule has 0 aromatic heterocycles. The molecule has 25 heavy (non-hydrogen) atoms. The Morgan fingerprint density at radius 2 is 1.68 bits per heavy atom. The highest BCUT2D eigenvalue weighted by atomic mass is 16.6. The van der Waals surface area contributed by atoms with E-state index in [0.29, 0.717) is 0 Å². The van der Waals surface area contributed by atoms with Crippen molar-refractivity contribution in [3.63, 3.8) is 0 Å². The van der Waals surface area contributed by atoms with Crippen LogP contribution in [0.5, 0.6) is 0 Å². The zero-order chi connectivity index (χ0) is 18.9. The quantitative estimate of drug-likeness (QED) is 0.531. The molecule has 0 aromatic carbocycles. The molecule has 4 fully saturated rings. The summed E-state index contributed by atoms with van der Waals surface area (Å²) in [5.74, 6) is -1.91. The number of hydrogen-bond donors (Lipinski definition) is 0. The maximum absolute atomic E-state index is 13.1. The molecule has 0 N–H and O–H groups in total. The van der Waals surface area contributed by atoms with E-state index in [1.807, 2.05) is 34.6 Å². The second kappa shape index (κ2) is 5.53. The van der Waals surface area contributed by atoms with Gasteiger partial charge in [-0.2, -0.15) is 0 Å². The Hall–Kier alpha value is -1.43. The lowest BCUT2D eigenvalue weighted by atomic mass is 9.47. The zero-order valence-electron chi connectivity index (χ0n) is 16.0. The summed E-state index contributed by atoms with van der Waals surface area (Å²) in [7, 11) is 0. The minimum Gasteiger partial charge on any atom is -0.462 e. The third-order valence-corrected chi connectivity index (χ3v) is 7.11. The third-order valence-electron chi connectivity index (χ3n) is 7.11. The molecule has 0 radical (unpaired) electrons. The number of fused-ring (bicyclic) bond motifs is 2. The number of carbonyl (C=O) groups is 3. The number of ketones is 1. The normalized spacial score (nSPS) is 52.2. The van der Waals surface area contributed by atoms with Gasteiger partial charge >= 0.3 is 11.9 Å². The fraction of sp³-hybridized carbons (Fsp3) is 0.842. The largest absolute Gasteiger partial charge is 0.462 e. The zero-order valence-corrected chi connectivity index (χ0v) is 16.0. The van der Waals surface area contributed by atoms with Crippen molar-refractivity contribution in [1.82, 2.24) is 0 Å². The second-order valence-corrected chi connectivity index (χ2v) is 8.27. The van der Waals surface area contributed by atoms with Gasteiger partial charge in [-0.1, -0.05) is 27.7 Å². The van der Waals surface area contributed by atoms with Gasteiger partial charge in [0, 0.05) is 24.7 Å². The fourth-order valence-electron chi connectivity index (χ4n) is 5.62. The fourth-order valence-corrected chi connectivity index (χ4v) is 5.62. The van der Waals surface area contributed by atoms with Gasteiger partial charge in [0.15, 0.2) is 11.2 Å². The predicted molar refractivity (Wildman–Crippen MR) is 88.5 cm³/mol. The van der Waals surface area contributed by atoms with E-state index in [1.54, 1.807) is 6.92 Å². The first-order chi connectivity index (χ1) is 11.5. The summed E-state index contributed by atoms with van der Waals surface area (Å²) < 4.78 is 17.7. The van der Waals surface area contributed by atoms with E-state index in [4.69, 9.17) is 14.2 Å². The van der Waals surface area contributed by atoms with E-state index in [2.05, 4.69) is 0 Å². The minimum absolute atomic E-state index is 0.0377. The summed E-state index contributed by atoms with van der Waals surface area (Å²) >= 11 is 0. The molecule has 6 heteroatoms. The van der Waals surface area contributed by atoms with Gasteiger partial charge in [0.1, 0.15) is 17.8 Å². The van der Waals surface area contributed by atoms with Gasteiger partial charge in [0.25, 0.3) is 0 Å². The smallest absolute Gasteiger partial charge is 0.322 e. The lowest BCUT2D eigenvalue weighted by molar-refractivity contribution is -0.318. The first-order valence-electron chi connectivity index (χ1n) is 9.10. The van der Waals surface area contributed by atoms with Crippen LogP contribution in [0.3, 0.4) is 0 Å². The van der Waals surface area contributed by atoms with Crippen LogP contribution in [-0.4, -0.2) is 41.6 Å². The molecule has 0 aromatic rings. The molecule has 1 aliphatic carbocycles. The van der Waals surface area contributed by atoms with Crippen molar-refractivity contribution in [2.75, 3.05) is 0 Å². The number of esters is 2. The van der Waals surface area contributed by atoms with Gasteiger partial charge in [-0.15, -0.1) is 0 Å². The van der Waals surface area contributed by atoms with Crippen LogP contribution in [0, 0.1) is 29.1 Å². The number of Topliss-reactive ketones (excluding diaryl/α,β-unsaturated/α-hetero) is 1. The Balaban J connectivity index is 2.17. The first-order valence-corrected chi connectivity index (χ1v) is 9.10. The summed E-state index contributed by atoms with van der Waals surface area (Å²) in [6.45, 7) is 12.6. The van der Waals surface area contributed by atoms with Crippen LogP contribution < -0.4 is 0 Å². The SMILES string of the molecule is CC(=O)O[C@@H]1[C@H](C)[C@@H](C)O[C@@]2([C@@H]1C)[C@@H](C)[C@H]1OC(=O)[C@]2(C)C(=O)[C@H]1C. The Labute approximate surface area is 148 Å². The van der Waals surface area contributed by atoms with Crippen LogP contribution in [-0.2, 0) is 28.6 Å². The van der Waals surface area contributed by atoms with Crippen molar-refractivity contribution in [1.29, 1.82) is 0 Å². The molecule has 3 saturated heterocycles. The van der Waals surface area contributed by atoms with Crippen molar-refractivity contribution in [2.45, 2.75) is 72.4 Å². The van der Waals surface area contributed by atoms with Gasteiger partial charge in [-0.3, -0.25) is 14.4 Å². The van der Waals surface area contributed by atoms with E-state index in [1.165, 1.54) is 6.92 Å². The summed E-state index contributed by atoms with van der Waals surface area (Å²) in [6, 6.07) is 0. The lowest BCUT2D eigenvalue weighted by Crippen LogP contribution is -2.80. The number of ether oxygens (including phenoxy) is 3. The van der Waals surface area contributed by atoms with Crippen LogP contribution >= 0.6 is 0 Å².